The van der Waals surface area contributed by atoms with Gasteiger partial charge in [-0.05, 0) is 44.4 Å². The van der Waals surface area contributed by atoms with E-state index in [-0.39, 0.29) is 18.4 Å². The Labute approximate surface area is 116 Å². The van der Waals surface area contributed by atoms with Gasteiger partial charge in [-0.3, -0.25) is 9.59 Å². The summed E-state index contributed by atoms with van der Waals surface area (Å²) in [6, 6.07) is 0. The number of hydrogen-bond acceptors (Lipinski definition) is 2. The van der Waals surface area contributed by atoms with Crippen molar-refractivity contribution in [3.63, 3.8) is 0 Å². The second-order valence-electron chi connectivity index (χ2n) is 5.97. The van der Waals surface area contributed by atoms with Gasteiger partial charge in [-0.25, -0.2) is 0 Å². The van der Waals surface area contributed by atoms with Crippen molar-refractivity contribution in [3.05, 3.63) is 0 Å². The minimum absolute atomic E-state index is 0.0411. The Morgan fingerprint density at radius 2 is 1.68 bits per heavy atom. The van der Waals surface area contributed by atoms with E-state index in [1.165, 1.54) is 0 Å². The molecular weight excluding hydrogens is 242 g/mol. The molecule has 1 rings (SSSR count). The zero-order valence-electron chi connectivity index (χ0n) is 12.4. The van der Waals surface area contributed by atoms with Crippen LogP contribution in [0.5, 0.6) is 0 Å². The third-order valence-electron chi connectivity index (χ3n) is 4.79. The van der Waals surface area contributed by atoms with Gasteiger partial charge in [0.25, 0.3) is 0 Å². The van der Waals surface area contributed by atoms with E-state index in [0.717, 1.165) is 25.7 Å². The van der Waals surface area contributed by atoms with Crippen molar-refractivity contribution < 1.29 is 14.7 Å². The summed E-state index contributed by atoms with van der Waals surface area (Å²) in [7, 11) is 0. The summed E-state index contributed by atoms with van der Waals surface area (Å²) >= 11 is 0. The molecule has 1 saturated carbocycles. The van der Waals surface area contributed by atoms with E-state index < -0.39 is 11.4 Å². The Balaban J connectivity index is 2.50. The van der Waals surface area contributed by atoms with Crippen molar-refractivity contribution in [1.29, 1.82) is 0 Å². The Morgan fingerprint density at radius 1 is 1.16 bits per heavy atom. The highest BCUT2D eigenvalue weighted by molar-refractivity contribution is 5.80. The van der Waals surface area contributed by atoms with Gasteiger partial charge in [0.15, 0.2) is 0 Å². The molecular formula is C15H27NO3. The number of aliphatic carboxylic acids is 1. The van der Waals surface area contributed by atoms with Gasteiger partial charge in [0.05, 0.1) is 5.41 Å². The zero-order chi connectivity index (χ0) is 14.5. The second-order valence-corrected chi connectivity index (χ2v) is 5.97. The Kier molecular flexibility index (Phi) is 5.83. The lowest BCUT2D eigenvalue weighted by molar-refractivity contribution is -0.149. The standard InChI is InChI=1S/C15H27NO3/c1-4-15(5-2,14(18)19)10-16-13(17)12-8-6-11(3)7-9-12/h11-12H,4-10H2,1-3H3,(H,16,17)(H,18,19). The Morgan fingerprint density at radius 3 is 2.11 bits per heavy atom. The smallest absolute Gasteiger partial charge is 0.311 e. The maximum atomic E-state index is 12.1. The normalized spacial score (nSPS) is 23.9. The molecule has 0 unspecified atom stereocenters. The molecule has 0 aliphatic heterocycles. The molecule has 0 aromatic heterocycles. The fourth-order valence-corrected chi connectivity index (χ4v) is 2.80. The van der Waals surface area contributed by atoms with Gasteiger partial charge in [-0.15, -0.1) is 0 Å². The third kappa shape index (κ3) is 3.95. The molecule has 1 aliphatic rings. The lowest BCUT2D eigenvalue weighted by Gasteiger charge is -2.29. The molecule has 1 amide bonds. The van der Waals surface area contributed by atoms with Crippen LogP contribution in [0, 0.1) is 17.3 Å². The van der Waals surface area contributed by atoms with Gasteiger partial charge in [0.2, 0.25) is 5.91 Å². The van der Waals surface area contributed by atoms with Crippen LogP contribution in [0.4, 0.5) is 0 Å². The van der Waals surface area contributed by atoms with Crippen LogP contribution in [-0.4, -0.2) is 23.5 Å². The van der Waals surface area contributed by atoms with Crippen LogP contribution >= 0.6 is 0 Å². The topological polar surface area (TPSA) is 66.4 Å². The maximum absolute atomic E-state index is 12.1. The van der Waals surface area contributed by atoms with E-state index >= 15 is 0 Å². The first kappa shape index (κ1) is 16.0. The van der Waals surface area contributed by atoms with Crippen LogP contribution in [0.1, 0.15) is 59.3 Å². The predicted octanol–water partition coefficient (Wildman–Crippen LogP) is 2.82. The van der Waals surface area contributed by atoms with Gasteiger partial charge >= 0.3 is 5.97 Å². The first-order valence-electron chi connectivity index (χ1n) is 7.46. The van der Waals surface area contributed by atoms with Crippen molar-refractivity contribution in [3.8, 4) is 0 Å². The van der Waals surface area contributed by atoms with E-state index in [9.17, 15) is 14.7 Å². The molecule has 0 heterocycles. The van der Waals surface area contributed by atoms with Gasteiger partial charge in [0, 0.05) is 12.5 Å². The Hall–Kier alpha value is -1.06. The largest absolute Gasteiger partial charge is 0.481 e. The summed E-state index contributed by atoms with van der Waals surface area (Å²) in [5.74, 6) is 0.0272. The number of amides is 1. The number of rotatable bonds is 6. The van der Waals surface area contributed by atoms with Crippen LogP contribution in [0.25, 0.3) is 0 Å². The minimum atomic E-state index is -0.810. The summed E-state index contributed by atoms with van der Waals surface area (Å²) in [5, 5.41) is 12.2. The third-order valence-corrected chi connectivity index (χ3v) is 4.79. The van der Waals surface area contributed by atoms with Crippen molar-refractivity contribution >= 4 is 11.9 Å². The summed E-state index contributed by atoms with van der Waals surface area (Å²) in [4.78, 5) is 23.5. The minimum Gasteiger partial charge on any atom is -0.481 e. The first-order valence-corrected chi connectivity index (χ1v) is 7.46. The fraction of sp³-hybridized carbons (Fsp3) is 0.867. The number of carbonyl (C=O) groups is 2. The van der Waals surface area contributed by atoms with Crippen molar-refractivity contribution in [1.82, 2.24) is 5.32 Å². The van der Waals surface area contributed by atoms with E-state index in [2.05, 4.69) is 12.2 Å². The molecule has 1 aliphatic carbocycles. The molecule has 19 heavy (non-hydrogen) atoms. The average molecular weight is 269 g/mol. The fourth-order valence-electron chi connectivity index (χ4n) is 2.80. The van der Waals surface area contributed by atoms with Crippen molar-refractivity contribution in [2.24, 2.45) is 17.3 Å². The molecule has 4 heteroatoms. The average Bonchev–Trinajstić information content (AvgIpc) is 2.40. The molecule has 0 bridgehead atoms. The number of hydrogen-bond donors (Lipinski definition) is 2. The summed E-state index contributed by atoms with van der Waals surface area (Å²) < 4.78 is 0. The van der Waals surface area contributed by atoms with Crippen molar-refractivity contribution in [2.45, 2.75) is 59.3 Å². The van der Waals surface area contributed by atoms with Gasteiger partial charge < -0.3 is 10.4 Å². The molecule has 2 N–H and O–H groups in total. The van der Waals surface area contributed by atoms with Crippen LogP contribution in [0.2, 0.25) is 0 Å². The number of carboxylic acids is 1. The van der Waals surface area contributed by atoms with Gasteiger partial charge in [-0.1, -0.05) is 20.8 Å². The quantitative estimate of drug-likeness (QED) is 0.779. The van der Waals surface area contributed by atoms with E-state index in [1.807, 2.05) is 13.8 Å². The predicted molar refractivity (Wildman–Crippen MR) is 74.8 cm³/mol. The van der Waals surface area contributed by atoms with E-state index in [1.54, 1.807) is 0 Å². The maximum Gasteiger partial charge on any atom is 0.311 e. The molecule has 0 aromatic carbocycles. The summed E-state index contributed by atoms with van der Waals surface area (Å²) in [6.45, 7) is 6.20. The van der Waals surface area contributed by atoms with Crippen molar-refractivity contribution in [2.75, 3.05) is 6.54 Å². The monoisotopic (exact) mass is 269 g/mol. The highest BCUT2D eigenvalue weighted by Crippen LogP contribution is 2.29. The zero-order valence-corrected chi connectivity index (χ0v) is 12.4. The van der Waals surface area contributed by atoms with Gasteiger partial charge in [-0.2, -0.15) is 0 Å². The highest BCUT2D eigenvalue weighted by Gasteiger charge is 2.36. The molecule has 1 fully saturated rings. The number of carboxylic acid groups (broad SMARTS) is 1. The second kappa shape index (κ2) is 6.92. The van der Waals surface area contributed by atoms with Gasteiger partial charge in [0.1, 0.15) is 0 Å². The van der Waals surface area contributed by atoms with Crippen LogP contribution in [-0.2, 0) is 9.59 Å². The van der Waals surface area contributed by atoms with E-state index in [0.29, 0.717) is 18.8 Å². The molecule has 0 radical (unpaired) electrons. The number of carbonyl (C=O) groups excluding carboxylic acids is 1. The van der Waals surface area contributed by atoms with Crippen LogP contribution in [0.3, 0.4) is 0 Å². The molecule has 4 nitrogen and oxygen atoms in total. The highest BCUT2D eigenvalue weighted by atomic mass is 16.4. The SMILES string of the molecule is CCC(CC)(CNC(=O)C1CCC(C)CC1)C(=O)O. The lowest BCUT2D eigenvalue weighted by atomic mass is 9.80. The van der Waals surface area contributed by atoms with Crippen LogP contribution in [0.15, 0.2) is 0 Å². The van der Waals surface area contributed by atoms with E-state index in [4.69, 9.17) is 0 Å². The molecule has 0 spiro atoms. The Bertz CT molecular complexity index is 315. The van der Waals surface area contributed by atoms with Crippen LogP contribution < -0.4 is 5.32 Å². The summed E-state index contributed by atoms with van der Waals surface area (Å²) in [5.41, 5.74) is -0.808. The first-order chi connectivity index (χ1) is 8.95. The number of nitrogens with one attached hydrogen (secondary N) is 1. The molecule has 0 aromatic rings. The molecule has 0 saturated heterocycles. The summed E-state index contributed by atoms with van der Waals surface area (Å²) in [6.07, 6.45) is 5.16. The lowest BCUT2D eigenvalue weighted by Crippen LogP contribution is -2.44. The molecule has 0 atom stereocenters. The molecule has 110 valence electrons.